The molecule has 1 amide bonds. The third kappa shape index (κ3) is 2.99. The lowest BCUT2D eigenvalue weighted by molar-refractivity contribution is 0.103. The van der Waals surface area contributed by atoms with Crippen molar-refractivity contribution >= 4 is 54.8 Å². The number of anilines is 1. The Morgan fingerprint density at radius 3 is 2.67 bits per heavy atom. The molecule has 2 aromatic rings. The molecule has 1 heterocycles. The van der Waals surface area contributed by atoms with E-state index in [2.05, 4.69) is 37.2 Å². The number of carbonyl (C=O) groups excluding carboxylic acids is 1. The van der Waals surface area contributed by atoms with Crippen molar-refractivity contribution < 1.29 is 9.18 Å². The summed E-state index contributed by atoms with van der Waals surface area (Å²) < 4.78 is 14.7. The van der Waals surface area contributed by atoms with Crippen molar-refractivity contribution in [1.82, 2.24) is 0 Å². The van der Waals surface area contributed by atoms with Gasteiger partial charge in [-0.15, -0.1) is 11.3 Å². The van der Waals surface area contributed by atoms with Crippen LogP contribution in [0, 0.1) is 12.7 Å². The van der Waals surface area contributed by atoms with Crippen LogP contribution >= 0.6 is 43.2 Å². The zero-order chi connectivity index (χ0) is 13.3. The van der Waals surface area contributed by atoms with Gasteiger partial charge in [-0.1, -0.05) is 0 Å². The maximum Gasteiger partial charge on any atom is 0.265 e. The molecule has 1 aromatic heterocycles. The second-order valence-corrected chi connectivity index (χ2v) is 6.87. The van der Waals surface area contributed by atoms with Crippen molar-refractivity contribution in [2.24, 2.45) is 0 Å². The molecule has 0 spiro atoms. The third-order valence-electron chi connectivity index (χ3n) is 2.26. The van der Waals surface area contributed by atoms with Crippen LogP contribution in [0.25, 0.3) is 0 Å². The largest absolute Gasteiger partial charge is 0.320 e. The minimum atomic E-state index is -0.392. The highest BCUT2D eigenvalue weighted by atomic mass is 79.9. The number of rotatable bonds is 2. The second-order valence-electron chi connectivity index (χ2n) is 3.65. The van der Waals surface area contributed by atoms with E-state index in [1.807, 2.05) is 6.92 Å². The van der Waals surface area contributed by atoms with Crippen molar-refractivity contribution in [2.45, 2.75) is 6.92 Å². The van der Waals surface area contributed by atoms with E-state index in [0.29, 0.717) is 15.0 Å². The fourth-order valence-electron chi connectivity index (χ4n) is 1.35. The van der Waals surface area contributed by atoms with E-state index in [0.717, 1.165) is 9.35 Å². The van der Waals surface area contributed by atoms with E-state index >= 15 is 0 Å². The average molecular weight is 393 g/mol. The van der Waals surface area contributed by atoms with Crippen molar-refractivity contribution in [3.05, 3.63) is 48.8 Å². The normalized spacial score (nSPS) is 10.4. The van der Waals surface area contributed by atoms with Crippen LogP contribution in [0.3, 0.4) is 0 Å². The van der Waals surface area contributed by atoms with Gasteiger partial charge in [-0.2, -0.15) is 0 Å². The van der Waals surface area contributed by atoms with Gasteiger partial charge >= 0.3 is 0 Å². The van der Waals surface area contributed by atoms with Gasteiger partial charge in [0.05, 0.1) is 14.4 Å². The van der Waals surface area contributed by atoms with Crippen LogP contribution in [-0.4, -0.2) is 5.91 Å². The first kappa shape index (κ1) is 13.7. The molecular weight excluding hydrogens is 385 g/mol. The first-order valence-electron chi connectivity index (χ1n) is 4.99. The number of benzene rings is 1. The van der Waals surface area contributed by atoms with E-state index < -0.39 is 5.82 Å². The van der Waals surface area contributed by atoms with Crippen LogP contribution in [0.1, 0.15) is 15.2 Å². The number of hydrogen-bond acceptors (Lipinski definition) is 2. The van der Waals surface area contributed by atoms with Gasteiger partial charge in [0.25, 0.3) is 5.91 Å². The third-order valence-corrected chi connectivity index (χ3v) is 5.08. The molecule has 0 bridgehead atoms. The van der Waals surface area contributed by atoms with Gasteiger partial charge in [0.15, 0.2) is 0 Å². The molecule has 6 heteroatoms. The summed E-state index contributed by atoms with van der Waals surface area (Å²) in [6.07, 6.45) is 0. The minimum Gasteiger partial charge on any atom is -0.320 e. The van der Waals surface area contributed by atoms with Gasteiger partial charge in [-0.25, -0.2) is 4.39 Å². The highest BCUT2D eigenvalue weighted by Gasteiger charge is 2.13. The van der Waals surface area contributed by atoms with E-state index in [-0.39, 0.29) is 5.91 Å². The number of aryl methyl sites for hydroxylation is 1. The van der Waals surface area contributed by atoms with Gasteiger partial charge in [0, 0.05) is 4.47 Å². The zero-order valence-electron chi connectivity index (χ0n) is 9.26. The van der Waals surface area contributed by atoms with Crippen LogP contribution < -0.4 is 5.32 Å². The van der Waals surface area contributed by atoms with Crippen LogP contribution in [0.2, 0.25) is 0 Å². The fraction of sp³-hybridized carbons (Fsp3) is 0.0833. The Bertz CT molecular complexity index is 593. The number of nitrogens with one attached hydrogen (secondary N) is 1. The summed E-state index contributed by atoms with van der Waals surface area (Å²) in [5.74, 6) is -0.642. The molecule has 0 saturated heterocycles. The maximum atomic E-state index is 13.1. The molecule has 0 aliphatic carbocycles. The molecule has 2 rings (SSSR count). The highest BCUT2D eigenvalue weighted by Crippen LogP contribution is 2.29. The maximum absolute atomic E-state index is 13.1. The SMILES string of the molecule is Cc1cc(C(=O)Nc2cc(F)ccc2Br)sc1Br. The number of carbonyl (C=O) groups is 1. The molecule has 2 nitrogen and oxygen atoms in total. The number of halogens is 3. The van der Waals surface area contributed by atoms with E-state index in [4.69, 9.17) is 0 Å². The molecule has 0 atom stereocenters. The average Bonchev–Trinajstić information content (AvgIpc) is 2.64. The Balaban J connectivity index is 2.23. The van der Waals surface area contributed by atoms with Crippen molar-refractivity contribution in [3.63, 3.8) is 0 Å². The highest BCUT2D eigenvalue weighted by molar-refractivity contribution is 9.11. The Labute approximate surface area is 124 Å². The lowest BCUT2D eigenvalue weighted by atomic mass is 10.3. The molecule has 0 saturated carbocycles. The van der Waals surface area contributed by atoms with Crippen molar-refractivity contribution in [2.75, 3.05) is 5.32 Å². The molecule has 18 heavy (non-hydrogen) atoms. The Morgan fingerprint density at radius 1 is 1.33 bits per heavy atom. The Kier molecular flexibility index (Phi) is 4.19. The van der Waals surface area contributed by atoms with E-state index in [1.54, 1.807) is 12.1 Å². The van der Waals surface area contributed by atoms with Gasteiger partial charge in [0.1, 0.15) is 5.82 Å². The minimum absolute atomic E-state index is 0.250. The Morgan fingerprint density at radius 2 is 2.06 bits per heavy atom. The predicted molar refractivity (Wildman–Crippen MR) is 78.8 cm³/mol. The van der Waals surface area contributed by atoms with Gasteiger partial charge < -0.3 is 5.32 Å². The van der Waals surface area contributed by atoms with Crippen LogP contribution in [0.5, 0.6) is 0 Å². The van der Waals surface area contributed by atoms with Gasteiger partial charge in [-0.3, -0.25) is 4.79 Å². The summed E-state index contributed by atoms with van der Waals surface area (Å²) in [7, 11) is 0. The second kappa shape index (κ2) is 5.50. The molecule has 0 fully saturated rings. The lowest BCUT2D eigenvalue weighted by Gasteiger charge is -2.05. The smallest absolute Gasteiger partial charge is 0.265 e. The topological polar surface area (TPSA) is 29.1 Å². The van der Waals surface area contributed by atoms with Gasteiger partial charge in [0.2, 0.25) is 0 Å². The molecule has 1 N–H and O–H groups in total. The van der Waals surface area contributed by atoms with Crippen molar-refractivity contribution in [1.29, 1.82) is 0 Å². The molecular formula is C12H8Br2FNOS. The molecule has 94 valence electrons. The summed E-state index contributed by atoms with van der Waals surface area (Å²) in [6.45, 7) is 1.91. The first-order chi connectivity index (χ1) is 8.47. The summed E-state index contributed by atoms with van der Waals surface area (Å²) >= 11 is 7.98. The molecule has 0 radical (unpaired) electrons. The van der Waals surface area contributed by atoms with E-state index in [1.165, 1.54) is 23.5 Å². The van der Waals surface area contributed by atoms with Crippen LogP contribution in [0.15, 0.2) is 32.5 Å². The molecule has 1 aromatic carbocycles. The molecule has 0 aliphatic heterocycles. The monoisotopic (exact) mass is 391 g/mol. The fourth-order valence-corrected chi connectivity index (χ4v) is 3.12. The van der Waals surface area contributed by atoms with Gasteiger partial charge in [-0.05, 0) is 68.6 Å². The number of hydrogen-bond donors (Lipinski definition) is 1. The summed E-state index contributed by atoms with van der Waals surface area (Å²) in [5, 5.41) is 2.67. The standard InChI is InChI=1S/C12H8Br2FNOS/c1-6-4-10(18-11(6)14)12(17)16-9-5-7(15)2-3-8(9)13/h2-5H,1H3,(H,16,17). The van der Waals surface area contributed by atoms with Crippen LogP contribution in [0.4, 0.5) is 10.1 Å². The zero-order valence-corrected chi connectivity index (χ0v) is 13.2. The lowest BCUT2D eigenvalue weighted by Crippen LogP contribution is -2.10. The van der Waals surface area contributed by atoms with Crippen LogP contribution in [-0.2, 0) is 0 Å². The Hall–Kier alpha value is -0.720. The molecule has 0 unspecified atom stereocenters. The summed E-state index contributed by atoms with van der Waals surface area (Å²) in [4.78, 5) is 12.6. The first-order valence-corrected chi connectivity index (χ1v) is 7.40. The summed E-state index contributed by atoms with van der Waals surface area (Å²) in [6, 6.07) is 5.95. The number of amides is 1. The molecule has 0 aliphatic rings. The quantitative estimate of drug-likeness (QED) is 0.767. The predicted octanol–water partition coefficient (Wildman–Crippen LogP) is 4.97. The van der Waals surface area contributed by atoms with E-state index in [9.17, 15) is 9.18 Å². The summed E-state index contributed by atoms with van der Waals surface area (Å²) in [5.41, 5.74) is 1.42. The van der Waals surface area contributed by atoms with Crippen molar-refractivity contribution in [3.8, 4) is 0 Å². The number of thiophene rings is 1.